The summed E-state index contributed by atoms with van der Waals surface area (Å²) in [7, 11) is 0. The number of thioether (sulfide) groups is 1. The van der Waals surface area contributed by atoms with E-state index in [1.54, 1.807) is 24.3 Å². The van der Waals surface area contributed by atoms with E-state index in [9.17, 15) is 14.9 Å². The molecule has 0 aliphatic carbocycles. The number of amides is 1. The van der Waals surface area contributed by atoms with Gasteiger partial charge in [-0.3, -0.25) is 14.9 Å². The van der Waals surface area contributed by atoms with Crippen molar-refractivity contribution in [3.8, 4) is 11.5 Å². The van der Waals surface area contributed by atoms with E-state index in [2.05, 4.69) is 10.5 Å². The molecule has 8 nitrogen and oxygen atoms in total. The second-order valence-corrected chi connectivity index (χ2v) is 8.69. The van der Waals surface area contributed by atoms with E-state index in [1.807, 2.05) is 37.3 Å². The maximum atomic E-state index is 12.1. The molecule has 0 saturated heterocycles. The number of nitro benzene ring substituents is 1. The maximum absolute atomic E-state index is 12.1. The molecule has 0 aliphatic heterocycles. The van der Waals surface area contributed by atoms with Crippen molar-refractivity contribution in [1.29, 1.82) is 0 Å². The van der Waals surface area contributed by atoms with Crippen LogP contribution >= 0.6 is 23.4 Å². The molecular formula is C25H24ClN3O5S. The highest BCUT2D eigenvalue weighted by molar-refractivity contribution is 7.99. The molecule has 0 unspecified atom stereocenters. The first-order chi connectivity index (χ1) is 16.9. The fraction of sp³-hybridized carbons (Fsp3) is 0.200. The van der Waals surface area contributed by atoms with Gasteiger partial charge < -0.3 is 9.47 Å². The molecule has 3 aromatic carbocycles. The highest BCUT2D eigenvalue weighted by Crippen LogP contribution is 2.29. The molecule has 0 aliphatic rings. The second kappa shape index (κ2) is 13.4. The predicted octanol–water partition coefficient (Wildman–Crippen LogP) is 5.61. The molecule has 0 spiro atoms. The van der Waals surface area contributed by atoms with Gasteiger partial charge in [0.25, 0.3) is 5.69 Å². The average molecular weight is 514 g/mol. The number of nitrogens with one attached hydrogen (secondary N) is 1. The number of nitrogens with zero attached hydrogens (tertiary/aromatic N) is 2. The lowest BCUT2D eigenvalue weighted by atomic mass is 10.2. The zero-order chi connectivity index (χ0) is 25.0. The quantitative estimate of drug-likeness (QED) is 0.192. The number of nitro groups is 1. The van der Waals surface area contributed by atoms with E-state index in [0.717, 1.165) is 16.7 Å². The minimum absolute atomic E-state index is 0.0324. The van der Waals surface area contributed by atoms with Gasteiger partial charge in [-0.1, -0.05) is 35.9 Å². The third kappa shape index (κ3) is 8.62. The summed E-state index contributed by atoms with van der Waals surface area (Å²) in [6.07, 6.45) is 1.52. The van der Waals surface area contributed by atoms with Crippen molar-refractivity contribution in [2.24, 2.45) is 5.10 Å². The molecule has 0 bridgehead atoms. The van der Waals surface area contributed by atoms with Crippen LogP contribution in [-0.2, 0) is 17.2 Å². The third-order valence-electron chi connectivity index (χ3n) is 4.60. The monoisotopic (exact) mass is 513 g/mol. The van der Waals surface area contributed by atoms with Gasteiger partial charge in [0.15, 0.2) is 11.5 Å². The molecule has 182 valence electrons. The number of halogens is 1. The smallest absolute Gasteiger partial charge is 0.269 e. The predicted molar refractivity (Wildman–Crippen MR) is 138 cm³/mol. The number of carbonyl (C=O) groups is 1. The highest BCUT2D eigenvalue weighted by atomic mass is 35.5. The van der Waals surface area contributed by atoms with Crippen molar-refractivity contribution < 1.29 is 19.2 Å². The van der Waals surface area contributed by atoms with Crippen LogP contribution in [-0.4, -0.2) is 29.4 Å². The van der Waals surface area contributed by atoms with Crippen molar-refractivity contribution in [1.82, 2.24) is 5.43 Å². The van der Waals surface area contributed by atoms with Gasteiger partial charge in [-0.25, -0.2) is 5.43 Å². The maximum Gasteiger partial charge on any atom is 0.269 e. The van der Waals surface area contributed by atoms with Crippen LogP contribution in [0, 0.1) is 10.1 Å². The lowest BCUT2D eigenvalue weighted by Gasteiger charge is -2.12. The summed E-state index contributed by atoms with van der Waals surface area (Å²) in [5, 5.41) is 15.5. The second-order valence-electron chi connectivity index (χ2n) is 7.27. The first kappa shape index (κ1) is 26.1. The van der Waals surface area contributed by atoms with Crippen LogP contribution in [0.5, 0.6) is 11.5 Å². The van der Waals surface area contributed by atoms with Gasteiger partial charge in [-0.05, 0) is 53.9 Å². The van der Waals surface area contributed by atoms with E-state index in [-0.39, 0.29) is 17.3 Å². The molecule has 3 rings (SSSR count). The van der Waals surface area contributed by atoms with Crippen LogP contribution in [0.25, 0.3) is 0 Å². The van der Waals surface area contributed by atoms with Crippen LogP contribution in [0.4, 0.5) is 5.69 Å². The Balaban J connectivity index is 1.49. The summed E-state index contributed by atoms with van der Waals surface area (Å²) in [6.45, 7) is 2.72. The Hall–Kier alpha value is -3.56. The van der Waals surface area contributed by atoms with E-state index >= 15 is 0 Å². The van der Waals surface area contributed by atoms with Crippen molar-refractivity contribution in [3.05, 3.63) is 98.6 Å². The fourth-order valence-corrected chi connectivity index (χ4v) is 3.86. The van der Waals surface area contributed by atoms with Crippen molar-refractivity contribution >= 4 is 41.2 Å². The number of non-ortho nitro benzene ring substituents is 1. The van der Waals surface area contributed by atoms with Gasteiger partial charge in [-0.15, -0.1) is 11.8 Å². The number of hydrazone groups is 1. The summed E-state index contributed by atoms with van der Waals surface area (Å²) in [5.74, 6) is 1.55. The lowest BCUT2D eigenvalue weighted by molar-refractivity contribution is -0.384. The molecule has 3 aromatic rings. The van der Waals surface area contributed by atoms with Crippen molar-refractivity contribution in [2.45, 2.75) is 19.3 Å². The number of benzene rings is 3. The average Bonchev–Trinajstić information content (AvgIpc) is 2.85. The number of carbonyl (C=O) groups excluding carboxylic acids is 1. The van der Waals surface area contributed by atoms with Crippen LogP contribution in [0.1, 0.15) is 23.6 Å². The highest BCUT2D eigenvalue weighted by Gasteiger charge is 2.08. The topological polar surface area (TPSA) is 103 Å². The first-order valence-corrected chi connectivity index (χ1v) is 12.2. The molecular weight excluding hydrogens is 490 g/mol. The van der Waals surface area contributed by atoms with Gasteiger partial charge in [-0.2, -0.15) is 5.10 Å². The summed E-state index contributed by atoms with van der Waals surface area (Å²) in [5.41, 5.74) is 5.01. The van der Waals surface area contributed by atoms with Crippen LogP contribution in [0.2, 0.25) is 5.02 Å². The van der Waals surface area contributed by atoms with Gasteiger partial charge in [0.1, 0.15) is 6.61 Å². The summed E-state index contributed by atoms with van der Waals surface area (Å²) < 4.78 is 11.6. The van der Waals surface area contributed by atoms with Crippen LogP contribution in [0.15, 0.2) is 71.8 Å². The minimum Gasteiger partial charge on any atom is -0.490 e. The zero-order valence-corrected chi connectivity index (χ0v) is 20.6. The normalized spacial score (nSPS) is 10.8. The molecule has 0 saturated carbocycles. The Kier molecular flexibility index (Phi) is 9.94. The van der Waals surface area contributed by atoms with Gasteiger partial charge in [0.2, 0.25) is 5.91 Å². The molecule has 0 heterocycles. The molecule has 0 fully saturated rings. The number of hydrogen-bond donors (Lipinski definition) is 1. The van der Waals surface area contributed by atoms with Gasteiger partial charge in [0, 0.05) is 22.9 Å². The third-order valence-corrected chi connectivity index (χ3v) is 5.86. The van der Waals surface area contributed by atoms with E-state index in [1.165, 1.54) is 30.1 Å². The van der Waals surface area contributed by atoms with E-state index in [4.69, 9.17) is 21.1 Å². The fourth-order valence-electron chi connectivity index (χ4n) is 2.97. The van der Waals surface area contributed by atoms with Crippen molar-refractivity contribution in [3.63, 3.8) is 0 Å². The summed E-state index contributed by atoms with van der Waals surface area (Å²) in [6, 6.07) is 19.2. The van der Waals surface area contributed by atoms with E-state index in [0.29, 0.717) is 35.5 Å². The zero-order valence-electron chi connectivity index (χ0n) is 19.0. The molecule has 0 aromatic heterocycles. The number of rotatable bonds is 12. The molecule has 0 radical (unpaired) electrons. The standard InChI is InChI=1S/C25H24ClN3O5S/c1-2-33-24-13-19(8-11-23(24)34-15-18-6-9-21(26)10-7-18)14-27-28-25(30)17-35-16-20-4-3-5-22(12-20)29(31)32/h3-14H,2,15-17H2,1H3,(H,28,30)/b27-14-. The Morgan fingerprint density at radius 2 is 1.89 bits per heavy atom. The van der Waals surface area contributed by atoms with Gasteiger partial charge in [0.05, 0.1) is 23.5 Å². The summed E-state index contributed by atoms with van der Waals surface area (Å²) in [4.78, 5) is 22.5. The Morgan fingerprint density at radius 3 is 2.63 bits per heavy atom. The Labute approximate surface area is 212 Å². The Morgan fingerprint density at radius 1 is 1.09 bits per heavy atom. The molecule has 1 N–H and O–H groups in total. The van der Waals surface area contributed by atoms with Crippen molar-refractivity contribution in [2.75, 3.05) is 12.4 Å². The minimum atomic E-state index is -0.440. The summed E-state index contributed by atoms with van der Waals surface area (Å²) >= 11 is 7.26. The van der Waals surface area contributed by atoms with Gasteiger partial charge >= 0.3 is 0 Å². The largest absolute Gasteiger partial charge is 0.490 e. The molecule has 10 heteroatoms. The lowest BCUT2D eigenvalue weighted by Crippen LogP contribution is -2.19. The SMILES string of the molecule is CCOc1cc(/C=N\NC(=O)CSCc2cccc([N+](=O)[O-])c2)ccc1OCc1ccc(Cl)cc1. The van der Waals surface area contributed by atoms with E-state index < -0.39 is 4.92 Å². The first-order valence-electron chi connectivity index (χ1n) is 10.7. The Bertz CT molecular complexity index is 1190. The number of hydrogen-bond acceptors (Lipinski definition) is 7. The molecule has 35 heavy (non-hydrogen) atoms. The van der Waals surface area contributed by atoms with Crippen LogP contribution in [0.3, 0.4) is 0 Å². The molecule has 0 atom stereocenters. The molecule has 1 amide bonds. The van der Waals surface area contributed by atoms with Crippen LogP contribution < -0.4 is 14.9 Å². The number of ether oxygens (including phenoxy) is 2.